The Kier molecular flexibility index (Phi) is 2.41. The SMILES string of the molecule is Cc1[nH]nc2c1[C@H](c1ccc(Cl)cc1)N(C)C2=O. The summed E-state index contributed by atoms with van der Waals surface area (Å²) in [6, 6.07) is 7.48. The van der Waals surface area contributed by atoms with Gasteiger partial charge in [-0.1, -0.05) is 23.7 Å². The zero-order valence-corrected chi connectivity index (χ0v) is 10.8. The number of benzene rings is 1. The number of aryl methyl sites for hydroxylation is 1. The molecule has 2 heterocycles. The van der Waals surface area contributed by atoms with Crippen LogP contribution in [0.25, 0.3) is 0 Å². The molecule has 0 spiro atoms. The van der Waals surface area contributed by atoms with Gasteiger partial charge in [0.2, 0.25) is 0 Å². The van der Waals surface area contributed by atoms with Gasteiger partial charge in [0.05, 0.1) is 6.04 Å². The quantitative estimate of drug-likeness (QED) is 0.858. The van der Waals surface area contributed by atoms with E-state index in [9.17, 15) is 4.79 Å². The van der Waals surface area contributed by atoms with Crippen LogP contribution in [0.3, 0.4) is 0 Å². The van der Waals surface area contributed by atoms with E-state index in [1.807, 2.05) is 31.2 Å². The number of nitrogens with one attached hydrogen (secondary N) is 1. The van der Waals surface area contributed by atoms with Crippen molar-refractivity contribution in [3.05, 3.63) is 51.8 Å². The fraction of sp³-hybridized carbons (Fsp3) is 0.231. The molecular formula is C13H12ClN3O. The van der Waals surface area contributed by atoms with Gasteiger partial charge in [0.15, 0.2) is 5.69 Å². The highest BCUT2D eigenvalue weighted by molar-refractivity contribution is 6.30. The second kappa shape index (κ2) is 3.85. The van der Waals surface area contributed by atoms with Crippen LogP contribution in [-0.2, 0) is 0 Å². The summed E-state index contributed by atoms with van der Waals surface area (Å²) in [5.41, 5.74) is 3.46. The number of amides is 1. The molecule has 2 aromatic rings. The van der Waals surface area contributed by atoms with Crippen molar-refractivity contribution in [2.24, 2.45) is 0 Å². The number of carbonyl (C=O) groups is 1. The van der Waals surface area contributed by atoms with E-state index in [0.717, 1.165) is 16.8 Å². The Morgan fingerprint density at radius 3 is 2.67 bits per heavy atom. The maximum absolute atomic E-state index is 12.1. The highest BCUT2D eigenvalue weighted by atomic mass is 35.5. The van der Waals surface area contributed by atoms with Gasteiger partial charge in [-0.3, -0.25) is 9.89 Å². The fourth-order valence-electron chi connectivity index (χ4n) is 2.45. The number of hydrogen-bond donors (Lipinski definition) is 1. The van der Waals surface area contributed by atoms with Gasteiger partial charge in [0.25, 0.3) is 5.91 Å². The second-order valence-corrected chi connectivity index (χ2v) is 4.92. The number of halogens is 1. The molecule has 0 bridgehead atoms. The summed E-state index contributed by atoms with van der Waals surface area (Å²) in [4.78, 5) is 13.8. The van der Waals surface area contributed by atoms with Crippen molar-refractivity contribution in [2.75, 3.05) is 7.05 Å². The van der Waals surface area contributed by atoms with E-state index in [1.54, 1.807) is 11.9 Å². The molecule has 1 atom stereocenters. The molecule has 0 radical (unpaired) electrons. The third-order valence-electron chi connectivity index (χ3n) is 3.36. The van der Waals surface area contributed by atoms with E-state index in [-0.39, 0.29) is 11.9 Å². The molecule has 1 aliphatic rings. The molecule has 1 aromatic carbocycles. The number of rotatable bonds is 1. The Morgan fingerprint density at radius 2 is 2.00 bits per heavy atom. The summed E-state index contributed by atoms with van der Waals surface area (Å²) >= 11 is 5.89. The lowest BCUT2D eigenvalue weighted by atomic mass is 10.00. The third-order valence-corrected chi connectivity index (χ3v) is 3.62. The molecule has 0 fully saturated rings. The van der Waals surface area contributed by atoms with Gasteiger partial charge in [0.1, 0.15) is 0 Å². The molecule has 1 aliphatic heterocycles. The molecule has 0 saturated carbocycles. The monoisotopic (exact) mass is 261 g/mol. The molecule has 5 heteroatoms. The second-order valence-electron chi connectivity index (χ2n) is 4.48. The predicted molar refractivity (Wildman–Crippen MR) is 68.7 cm³/mol. The van der Waals surface area contributed by atoms with Crippen LogP contribution >= 0.6 is 11.6 Å². The summed E-state index contributed by atoms with van der Waals surface area (Å²) in [6.07, 6.45) is 0. The minimum Gasteiger partial charge on any atom is -0.329 e. The van der Waals surface area contributed by atoms with Crippen LogP contribution in [0.2, 0.25) is 5.02 Å². The minimum atomic E-state index is -0.0801. The molecule has 92 valence electrons. The lowest BCUT2D eigenvalue weighted by molar-refractivity contribution is 0.0787. The van der Waals surface area contributed by atoms with Gasteiger partial charge >= 0.3 is 0 Å². The van der Waals surface area contributed by atoms with Crippen LogP contribution in [0.5, 0.6) is 0 Å². The fourth-order valence-corrected chi connectivity index (χ4v) is 2.57. The Labute approximate surface area is 110 Å². The molecule has 1 aromatic heterocycles. The summed E-state index contributed by atoms with van der Waals surface area (Å²) in [5, 5.41) is 7.65. The van der Waals surface area contributed by atoms with Crippen molar-refractivity contribution < 1.29 is 4.79 Å². The van der Waals surface area contributed by atoms with E-state index < -0.39 is 0 Å². The van der Waals surface area contributed by atoms with Gasteiger partial charge in [0, 0.05) is 23.3 Å². The van der Waals surface area contributed by atoms with Crippen molar-refractivity contribution in [2.45, 2.75) is 13.0 Å². The third kappa shape index (κ3) is 1.46. The normalized spacial score (nSPS) is 18.3. The molecule has 0 saturated heterocycles. The van der Waals surface area contributed by atoms with Crippen molar-refractivity contribution in [3.8, 4) is 0 Å². The first kappa shape index (κ1) is 11.3. The van der Waals surface area contributed by atoms with Crippen LogP contribution in [0.1, 0.15) is 33.4 Å². The lowest BCUT2D eigenvalue weighted by Gasteiger charge is -2.21. The number of nitrogens with zero attached hydrogens (tertiary/aromatic N) is 2. The molecule has 0 aliphatic carbocycles. The number of aromatic nitrogens is 2. The van der Waals surface area contributed by atoms with E-state index in [0.29, 0.717) is 10.7 Å². The predicted octanol–water partition coefficient (Wildman–Crippen LogP) is 2.55. The largest absolute Gasteiger partial charge is 0.329 e. The molecule has 4 nitrogen and oxygen atoms in total. The highest BCUT2D eigenvalue weighted by Crippen LogP contribution is 2.38. The maximum Gasteiger partial charge on any atom is 0.275 e. The molecule has 1 amide bonds. The average molecular weight is 262 g/mol. The van der Waals surface area contributed by atoms with Gasteiger partial charge in [-0.2, -0.15) is 5.10 Å². The maximum atomic E-state index is 12.1. The minimum absolute atomic E-state index is 0.0469. The standard InChI is InChI=1S/C13H12ClN3O/c1-7-10-11(16-15-7)13(18)17(2)12(10)8-3-5-9(14)6-4-8/h3-6,12H,1-2H3,(H,15,16)/t12-/m0/s1. The topological polar surface area (TPSA) is 49.0 Å². The number of aromatic amines is 1. The van der Waals surface area contributed by atoms with E-state index in [2.05, 4.69) is 10.2 Å². The van der Waals surface area contributed by atoms with Gasteiger partial charge in [-0.05, 0) is 24.6 Å². The van der Waals surface area contributed by atoms with E-state index >= 15 is 0 Å². The Bertz CT molecular complexity index is 618. The van der Waals surface area contributed by atoms with Crippen LogP contribution in [-0.4, -0.2) is 28.1 Å². The number of fused-ring (bicyclic) bond motifs is 1. The molecular weight excluding hydrogens is 250 g/mol. The smallest absolute Gasteiger partial charge is 0.275 e. The summed E-state index contributed by atoms with van der Waals surface area (Å²) < 4.78 is 0. The van der Waals surface area contributed by atoms with Crippen molar-refractivity contribution >= 4 is 17.5 Å². The van der Waals surface area contributed by atoms with Crippen molar-refractivity contribution in [3.63, 3.8) is 0 Å². The van der Waals surface area contributed by atoms with E-state index in [4.69, 9.17) is 11.6 Å². The molecule has 0 unspecified atom stereocenters. The zero-order chi connectivity index (χ0) is 12.9. The number of hydrogen-bond acceptors (Lipinski definition) is 2. The summed E-state index contributed by atoms with van der Waals surface area (Å²) in [7, 11) is 1.79. The first-order valence-corrected chi connectivity index (χ1v) is 6.05. The number of carbonyl (C=O) groups excluding carboxylic acids is 1. The first-order valence-electron chi connectivity index (χ1n) is 5.67. The van der Waals surface area contributed by atoms with Crippen LogP contribution in [0.4, 0.5) is 0 Å². The highest BCUT2D eigenvalue weighted by Gasteiger charge is 2.39. The van der Waals surface area contributed by atoms with Crippen molar-refractivity contribution in [1.82, 2.24) is 15.1 Å². The van der Waals surface area contributed by atoms with Crippen LogP contribution in [0, 0.1) is 6.92 Å². The van der Waals surface area contributed by atoms with Crippen LogP contribution in [0.15, 0.2) is 24.3 Å². The summed E-state index contributed by atoms with van der Waals surface area (Å²) in [5.74, 6) is -0.0469. The lowest BCUT2D eigenvalue weighted by Crippen LogP contribution is -2.24. The Hall–Kier alpha value is -1.81. The van der Waals surface area contributed by atoms with E-state index in [1.165, 1.54) is 0 Å². The molecule has 18 heavy (non-hydrogen) atoms. The Balaban J connectivity index is 2.14. The van der Waals surface area contributed by atoms with Crippen LogP contribution < -0.4 is 0 Å². The summed E-state index contributed by atoms with van der Waals surface area (Å²) in [6.45, 7) is 1.93. The first-order chi connectivity index (χ1) is 8.59. The van der Waals surface area contributed by atoms with Gasteiger partial charge in [-0.25, -0.2) is 0 Å². The molecule has 1 N–H and O–H groups in total. The number of H-pyrrole nitrogens is 1. The Morgan fingerprint density at radius 1 is 1.33 bits per heavy atom. The molecule has 3 rings (SSSR count). The average Bonchev–Trinajstić information content (AvgIpc) is 2.84. The van der Waals surface area contributed by atoms with Crippen molar-refractivity contribution in [1.29, 1.82) is 0 Å². The van der Waals surface area contributed by atoms with Gasteiger partial charge in [-0.15, -0.1) is 0 Å². The van der Waals surface area contributed by atoms with Gasteiger partial charge < -0.3 is 4.90 Å². The zero-order valence-electron chi connectivity index (χ0n) is 10.1.